The number of nitrogens with zero attached hydrogens (tertiary/aromatic N) is 3. The number of thioether (sulfide) groups is 1. The summed E-state index contributed by atoms with van der Waals surface area (Å²) in [7, 11) is 0. The van der Waals surface area contributed by atoms with Crippen molar-refractivity contribution in [1.29, 1.82) is 0 Å². The summed E-state index contributed by atoms with van der Waals surface area (Å²) >= 11 is 13.4. The molecule has 0 spiro atoms. The van der Waals surface area contributed by atoms with Crippen molar-refractivity contribution >= 4 is 58.2 Å². The number of anilines is 2. The highest BCUT2D eigenvalue weighted by Crippen LogP contribution is 2.29. The summed E-state index contributed by atoms with van der Waals surface area (Å²) < 4.78 is 7.33. The zero-order valence-electron chi connectivity index (χ0n) is 18.1. The van der Waals surface area contributed by atoms with Crippen LogP contribution >= 0.6 is 35.0 Å². The van der Waals surface area contributed by atoms with Gasteiger partial charge in [0.2, 0.25) is 11.8 Å². The van der Waals surface area contributed by atoms with Crippen LogP contribution < -0.4 is 15.4 Å². The Kier molecular flexibility index (Phi) is 8.99. The van der Waals surface area contributed by atoms with Gasteiger partial charge in [-0.3, -0.25) is 9.59 Å². The van der Waals surface area contributed by atoms with Crippen molar-refractivity contribution < 1.29 is 14.3 Å². The number of carbonyl (C=O) groups is 2. The van der Waals surface area contributed by atoms with Crippen molar-refractivity contribution in [3.63, 3.8) is 0 Å². The first-order valence-electron chi connectivity index (χ1n) is 10.2. The standard InChI is InChI=1S/C22H23Cl2N5O3S/c1-3-29-18(12-19(30)26-16-10-7-8-14(23)21(16)24)27-28-22(29)33-13-20(31)25-15-9-5-6-11-17(15)32-4-2/h5-11H,3-4,12-13H2,1-2H3,(H,25,31)(H,26,30). The molecule has 2 aromatic carbocycles. The van der Waals surface area contributed by atoms with Crippen molar-refractivity contribution in [3.05, 3.63) is 58.3 Å². The minimum Gasteiger partial charge on any atom is -0.492 e. The average molecular weight is 508 g/mol. The molecule has 1 heterocycles. The molecule has 11 heteroatoms. The molecule has 1 aromatic heterocycles. The van der Waals surface area contributed by atoms with Crippen LogP contribution in [0.15, 0.2) is 47.6 Å². The highest BCUT2D eigenvalue weighted by atomic mass is 35.5. The fourth-order valence-corrected chi connectivity index (χ4v) is 4.15. The summed E-state index contributed by atoms with van der Waals surface area (Å²) in [5.41, 5.74) is 1.04. The van der Waals surface area contributed by atoms with E-state index in [-0.39, 0.29) is 29.0 Å². The predicted octanol–water partition coefficient (Wildman–Crippen LogP) is 4.92. The second kappa shape index (κ2) is 11.9. The van der Waals surface area contributed by atoms with E-state index in [9.17, 15) is 9.59 Å². The van der Waals surface area contributed by atoms with Crippen molar-refractivity contribution in [2.45, 2.75) is 32.0 Å². The third kappa shape index (κ3) is 6.63. The molecule has 0 bridgehead atoms. The van der Waals surface area contributed by atoms with Gasteiger partial charge in [-0.05, 0) is 38.1 Å². The maximum absolute atomic E-state index is 12.5. The Labute approximate surface area is 206 Å². The molecular weight excluding hydrogens is 485 g/mol. The van der Waals surface area contributed by atoms with Crippen LogP contribution in [0, 0.1) is 0 Å². The number of para-hydroxylation sites is 2. The van der Waals surface area contributed by atoms with E-state index in [1.165, 1.54) is 11.8 Å². The summed E-state index contributed by atoms with van der Waals surface area (Å²) in [6.07, 6.45) is -0.00181. The van der Waals surface area contributed by atoms with Gasteiger partial charge in [-0.25, -0.2) is 0 Å². The van der Waals surface area contributed by atoms with Crippen LogP contribution in [-0.2, 0) is 22.6 Å². The number of benzene rings is 2. The Balaban J connectivity index is 1.60. The Morgan fingerprint density at radius 1 is 1.00 bits per heavy atom. The second-order valence-corrected chi connectivity index (χ2v) is 8.46. The van der Waals surface area contributed by atoms with Crippen LogP contribution in [0.2, 0.25) is 10.0 Å². The number of amides is 2. The van der Waals surface area contributed by atoms with E-state index in [1.807, 2.05) is 26.0 Å². The normalized spacial score (nSPS) is 10.7. The van der Waals surface area contributed by atoms with Crippen LogP contribution in [0.5, 0.6) is 5.75 Å². The molecule has 0 saturated carbocycles. The first kappa shape index (κ1) is 24.9. The van der Waals surface area contributed by atoms with Crippen LogP contribution in [0.25, 0.3) is 0 Å². The van der Waals surface area contributed by atoms with Gasteiger partial charge in [-0.1, -0.05) is 53.2 Å². The lowest BCUT2D eigenvalue weighted by atomic mass is 10.3. The van der Waals surface area contributed by atoms with Crippen molar-refractivity contribution in [3.8, 4) is 5.75 Å². The van der Waals surface area contributed by atoms with Gasteiger partial charge in [0.15, 0.2) is 5.16 Å². The van der Waals surface area contributed by atoms with E-state index >= 15 is 0 Å². The molecule has 0 radical (unpaired) electrons. The smallest absolute Gasteiger partial charge is 0.234 e. The SMILES string of the molecule is CCOc1ccccc1NC(=O)CSc1nnc(CC(=O)Nc2cccc(Cl)c2Cl)n1CC. The number of hydrogen-bond donors (Lipinski definition) is 2. The summed E-state index contributed by atoms with van der Waals surface area (Å²) in [6.45, 7) is 4.85. The maximum Gasteiger partial charge on any atom is 0.234 e. The van der Waals surface area contributed by atoms with Crippen LogP contribution in [-0.4, -0.2) is 38.9 Å². The molecule has 0 aliphatic rings. The number of ether oxygens (including phenoxy) is 1. The van der Waals surface area contributed by atoms with E-state index in [0.717, 1.165) is 0 Å². The van der Waals surface area contributed by atoms with Gasteiger partial charge in [0.25, 0.3) is 0 Å². The van der Waals surface area contributed by atoms with Gasteiger partial charge in [0.05, 0.1) is 40.2 Å². The molecule has 0 unspecified atom stereocenters. The molecule has 0 fully saturated rings. The van der Waals surface area contributed by atoms with Gasteiger partial charge in [-0.15, -0.1) is 10.2 Å². The fourth-order valence-electron chi connectivity index (χ4n) is 2.98. The summed E-state index contributed by atoms with van der Waals surface area (Å²) in [5.74, 6) is 0.722. The van der Waals surface area contributed by atoms with Gasteiger partial charge in [0.1, 0.15) is 11.6 Å². The average Bonchev–Trinajstić information content (AvgIpc) is 3.18. The molecule has 8 nitrogen and oxygen atoms in total. The van der Waals surface area contributed by atoms with E-state index < -0.39 is 0 Å². The summed E-state index contributed by atoms with van der Waals surface area (Å²) in [5, 5.41) is 15.0. The molecule has 0 atom stereocenters. The van der Waals surface area contributed by atoms with Gasteiger partial charge >= 0.3 is 0 Å². The molecule has 0 aliphatic heterocycles. The highest BCUT2D eigenvalue weighted by molar-refractivity contribution is 7.99. The molecule has 174 valence electrons. The number of nitrogens with one attached hydrogen (secondary N) is 2. The van der Waals surface area contributed by atoms with Crippen LogP contribution in [0.1, 0.15) is 19.7 Å². The zero-order valence-corrected chi connectivity index (χ0v) is 20.4. The molecule has 0 aliphatic carbocycles. The zero-order chi connectivity index (χ0) is 23.8. The van der Waals surface area contributed by atoms with E-state index in [2.05, 4.69) is 20.8 Å². The lowest BCUT2D eigenvalue weighted by Crippen LogP contribution is -2.18. The number of hydrogen-bond acceptors (Lipinski definition) is 6. The molecule has 33 heavy (non-hydrogen) atoms. The van der Waals surface area contributed by atoms with Gasteiger partial charge in [-0.2, -0.15) is 0 Å². The molecule has 0 saturated heterocycles. The third-order valence-corrected chi connectivity index (χ3v) is 6.23. The monoisotopic (exact) mass is 507 g/mol. The quantitative estimate of drug-likeness (QED) is 0.378. The van der Waals surface area contributed by atoms with Crippen molar-refractivity contribution in [2.24, 2.45) is 0 Å². The minimum absolute atomic E-state index is 0.00181. The second-order valence-electron chi connectivity index (χ2n) is 6.74. The Morgan fingerprint density at radius 3 is 2.48 bits per heavy atom. The number of carbonyl (C=O) groups excluding carboxylic acids is 2. The van der Waals surface area contributed by atoms with Crippen LogP contribution in [0.4, 0.5) is 11.4 Å². The minimum atomic E-state index is -0.303. The molecule has 3 rings (SSSR count). The van der Waals surface area contributed by atoms with E-state index in [4.69, 9.17) is 27.9 Å². The van der Waals surface area contributed by atoms with Crippen LogP contribution in [0.3, 0.4) is 0 Å². The third-order valence-electron chi connectivity index (χ3n) is 4.45. The predicted molar refractivity (Wildman–Crippen MR) is 131 cm³/mol. The Hall–Kier alpha value is -2.75. The van der Waals surface area contributed by atoms with Crippen molar-refractivity contribution in [2.75, 3.05) is 23.0 Å². The van der Waals surface area contributed by atoms with Gasteiger partial charge in [0, 0.05) is 6.54 Å². The molecule has 2 N–H and O–H groups in total. The largest absolute Gasteiger partial charge is 0.492 e. The van der Waals surface area contributed by atoms with E-state index in [0.29, 0.717) is 46.3 Å². The number of rotatable bonds is 10. The van der Waals surface area contributed by atoms with E-state index in [1.54, 1.807) is 34.9 Å². The lowest BCUT2D eigenvalue weighted by molar-refractivity contribution is -0.116. The molecule has 2 amide bonds. The maximum atomic E-state index is 12.5. The molecular formula is C22H23Cl2N5O3S. The fraction of sp³-hybridized carbons (Fsp3) is 0.273. The number of aromatic nitrogens is 3. The lowest BCUT2D eigenvalue weighted by Gasteiger charge is -2.11. The first-order chi connectivity index (χ1) is 15.9. The first-order valence-corrected chi connectivity index (χ1v) is 12.0. The highest BCUT2D eigenvalue weighted by Gasteiger charge is 2.17. The summed E-state index contributed by atoms with van der Waals surface area (Å²) in [6, 6.07) is 12.3. The topological polar surface area (TPSA) is 98.1 Å². The Bertz CT molecular complexity index is 1140. The Morgan fingerprint density at radius 2 is 1.73 bits per heavy atom. The van der Waals surface area contributed by atoms with Gasteiger partial charge < -0.3 is 19.9 Å². The van der Waals surface area contributed by atoms with Crippen molar-refractivity contribution in [1.82, 2.24) is 14.8 Å². The number of halogens is 2. The summed E-state index contributed by atoms with van der Waals surface area (Å²) in [4.78, 5) is 25.0. The molecule has 3 aromatic rings.